The van der Waals surface area contributed by atoms with Crippen LogP contribution in [0.4, 0.5) is 0 Å². The maximum Gasteiger partial charge on any atom is 0.253 e. The van der Waals surface area contributed by atoms with Crippen LogP contribution in [0.15, 0.2) is 28.8 Å². The molecule has 1 aliphatic heterocycles. The highest BCUT2D eigenvalue weighted by Gasteiger charge is 2.39. The average Bonchev–Trinajstić information content (AvgIpc) is 3.29. The van der Waals surface area contributed by atoms with E-state index in [0.29, 0.717) is 43.6 Å². The standard InChI is InChI=1S/C19H25N3O4/c1-4-13-5-7-14(8-6-13)19(23)22-9-15(11-24-2)16(10-22)18-20-17(12-25-3)21-26-18/h5-8,15-16H,4,9-12H2,1-3H3/t15-,16+/m0/s1. The molecule has 0 bridgehead atoms. The molecule has 0 spiro atoms. The lowest BCUT2D eigenvalue weighted by atomic mass is 9.97. The highest BCUT2D eigenvalue weighted by molar-refractivity contribution is 5.94. The summed E-state index contributed by atoms with van der Waals surface area (Å²) in [4.78, 5) is 19.1. The smallest absolute Gasteiger partial charge is 0.253 e. The van der Waals surface area contributed by atoms with E-state index in [-0.39, 0.29) is 17.7 Å². The van der Waals surface area contributed by atoms with Crippen LogP contribution in [0.25, 0.3) is 0 Å². The number of amides is 1. The molecule has 2 atom stereocenters. The number of aryl methyl sites for hydroxylation is 1. The van der Waals surface area contributed by atoms with Crippen molar-refractivity contribution < 1.29 is 18.8 Å². The first kappa shape index (κ1) is 18.5. The summed E-state index contributed by atoms with van der Waals surface area (Å²) in [5.74, 6) is 1.16. The van der Waals surface area contributed by atoms with Crippen LogP contribution in [0.1, 0.15) is 40.5 Å². The van der Waals surface area contributed by atoms with Gasteiger partial charge >= 0.3 is 0 Å². The molecule has 0 radical (unpaired) electrons. The third-order valence-electron chi connectivity index (χ3n) is 4.79. The van der Waals surface area contributed by atoms with Crippen LogP contribution in [0.5, 0.6) is 0 Å². The SMILES string of the molecule is CCc1ccc(C(=O)N2C[C@@H](COC)[C@H](c3nc(COC)no3)C2)cc1. The van der Waals surface area contributed by atoms with E-state index in [2.05, 4.69) is 17.1 Å². The lowest BCUT2D eigenvalue weighted by Gasteiger charge is -2.16. The summed E-state index contributed by atoms with van der Waals surface area (Å²) in [6.45, 7) is 4.08. The van der Waals surface area contributed by atoms with E-state index < -0.39 is 0 Å². The van der Waals surface area contributed by atoms with Crippen LogP contribution in [-0.4, -0.2) is 54.9 Å². The molecule has 0 aliphatic carbocycles. The minimum atomic E-state index is -0.0353. The molecular weight excluding hydrogens is 334 g/mol. The van der Waals surface area contributed by atoms with Gasteiger partial charge in [0.2, 0.25) is 5.89 Å². The fourth-order valence-corrected chi connectivity index (χ4v) is 3.37. The largest absolute Gasteiger partial charge is 0.384 e. The third-order valence-corrected chi connectivity index (χ3v) is 4.79. The number of aromatic nitrogens is 2. The Bertz CT molecular complexity index is 729. The molecule has 1 saturated heterocycles. The molecule has 2 heterocycles. The number of carbonyl (C=O) groups is 1. The number of carbonyl (C=O) groups excluding carboxylic acids is 1. The molecule has 2 aromatic rings. The third kappa shape index (κ3) is 3.94. The minimum absolute atomic E-state index is 0.0212. The van der Waals surface area contributed by atoms with Gasteiger partial charge < -0.3 is 18.9 Å². The summed E-state index contributed by atoms with van der Waals surface area (Å²) < 4.78 is 15.8. The molecule has 1 aromatic carbocycles. The van der Waals surface area contributed by atoms with Gasteiger partial charge in [0.25, 0.3) is 5.91 Å². The van der Waals surface area contributed by atoms with Gasteiger partial charge in [0.05, 0.1) is 12.5 Å². The van der Waals surface area contributed by atoms with E-state index >= 15 is 0 Å². The van der Waals surface area contributed by atoms with Crippen molar-refractivity contribution in [1.29, 1.82) is 0 Å². The van der Waals surface area contributed by atoms with Gasteiger partial charge in [-0.05, 0) is 24.1 Å². The van der Waals surface area contributed by atoms with Crippen LogP contribution < -0.4 is 0 Å². The Labute approximate surface area is 153 Å². The van der Waals surface area contributed by atoms with Crippen LogP contribution >= 0.6 is 0 Å². The normalized spacial score (nSPS) is 19.9. The summed E-state index contributed by atoms with van der Waals surface area (Å²) in [6.07, 6.45) is 0.955. The predicted octanol–water partition coefficient (Wildman–Crippen LogP) is 2.28. The number of likely N-dealkylation sites (tertiary alicyclic amines) is 1. The average molecular weight is 359 g/mol. The fraction of sp³-hybridized carbons (Fsp3) is 0.526. The monoisotopic (exact) mass is 359 g/mol. The second-order valence-corrected chi connectivity index (χ2v) is 6.56. The first-order chi connectivity index (χ1) is 12.7. The number of benzene rings is 1. The van der Waals surface area contributed by atoms with Crippen molar-refractivity contribution in [2.24, 2.45) is 5.92 Å². The molecule has 1 aromatic heterocycles. The van der Waals surface area contributed by atoms with Crippen molar-refractivity contribution in [3.63, 3.8) is 0 Å². The molecule has 0 unspecified atom stereocenters. The van der Waals surface area contributed by atoms with Crippen molar-refractivity contribution in [2.75, 3.05) is 33.9 Å². The van der Waals surface area contributed by atoms with E-state index in [1.54, 1.807) is 14.2 Å². The molecule has 1 amide bonds. The molecule has 0 saturated carbocycles. The molecule has 140 valence electrons. The summed E-state index contributed by atoms with van der Waals surface area (Å²) in [6, 6.07) is 7.79. The molecule has 0 N–H and O–H groups in total. The van der Waals surface area contributed by atoms with E-state index in [0.717, 1.165) is 6.42 Å². The van der Waals surface area contributed by atoms with Crippen molar-refractivity contribution in [3.05, 3.63) is 47.1 Å². The van der Waals surface area contributed by atoms with Gasteiger partial charge in [-0.25, -0.2) is 0 Å². The van der Waals surface area contributed by atoms with Crippen LogP contribution in [-0.2, 0) is 22.5 Å². The first-order valence-corrected chi connectivity index (χ1v) is 8.84. The Kier molecular flexibility index (Phi) is 6.00. The summed E-state index contributed by atoms with van der Waals surface area (Å²) in [5.41, 5.74) is 1.92. The number of methoxy groups -OCH3 is 2. The Morgan fingerprint density at radius 3 is 2.65 bits per heavy atom. The second kappa shape index (κ2) is 8.42. The van der Waals surface area contributed by atoms with E-state index in [1.807, 2.05) is 29.2 Å². The van der Waals surface area contributed by atoms with Gasteiger partial charge in [-0.15, -0.1) is 0 Å². The van der Waals surface area contributed by atoms with Gasteiger partial charge in [-0.3, -0.25) is 4.79 Å². The summed E-state index contributed by atoms with van der Waals surface area (Å²) in [7, 11) is 3.25. The van der Waals surface area contributed by atoms with Gasteiger partial charge in [0.15, 0.2) is 5.82 Å². The van der Waals surface area contributed by atoms with E-state index in [4.69, 9.17) is 14.0 Å². The molecule has 7 nitrogen and oxygen atoms in total. The van der Waals surface area contributed by atoms with Gasteiger partial charge in [-0.1, -0.05) is 24.2 Å². The Morgan fingerprint density at radius 2 is 2.00 bits per heavy atom. The highest BCUT2D eigenvalue weighted by atomic mass is 16.5. The zero-order valence-electron chi connectivity index (χ0n) is 15.5. The zero-order chi connectivity index (χ0) is 18.5. The van der Waals surface area contributed by atoms with Gasteiger partial charge in [0, 0.05) is 38.8 Å². The number of rotatable bonds is 7. The number of hydrogen-bond donors (Lipinski definition) is 0. The summed E-state index contributed by atoms with van der Waals surface area (Å²) >= 11 is 0. The Morgan fingerprint density at radius 1 is 1.23 bits per heavy atom. The Balaban J connectivity index is 1.75. The van der Waals surface area contributed by atoms with Crippen LogP contribution in [0, 0.1) is 5.92 Å². The quantitative estimate of drug-likeness (QED) is 0.755. The molecule has 7 heteroatoms. The molecule has 26 heavy (non-hydrogen) atoms. The van der Waals surface area contributed by atoms with Gasteiger partial charge in [-0.2, -0.15) is 4.98 Å². The second-order valence-electron chi connectivity index (χ2n) is 6.56. The van der Waals surface area contributed by atoms with E-state index in [1.165, 1.54) is 5.56 Å². The van der Waals surface area contributed by atoms with E-state index in [9.17, 15) is 4.79 Å². The lowest BCUT2D eigenvalue weighted by Crippen LogP contribution is -2.29. The van der Waals surface area contributed by atoms with Gasteiger partial charge in [0.1, 0.15) is 6.61 Å². The van der Waals surface area contributed by atoms with Crippen molar-refractivity contribution in [3.8, 4) is 0 Å². The number of hydrogen-bond acceptors (Lipinski definition) is 6. The van der Waals surface area contributed by atoms with Crippen molar-refractivity contribution >= 4 is 5.91 Å². The topological polar surface area (TPSA) is 77.7 Å². The Hall–Kier alpha value is -2.25. The highest BCUT2D eigenvalue weighted by Crippen LogP contribution is 2.33. The molecule has 1 fully saturated rings. The zero-order valence-corrected chi connectivity index (χ0v) is 15.5. The first-order valence-electron chi connectivity index (χ1n) is 8.84. The van der Waals surface area contributed by atoms with Crippen LogP contribution in [0.3, 0.4) is 0 Å². The fourth-order valence-electron chi connectivity index (χ4n) is 3.37. The van der Waals surface area contributed by atoms with Crippen molar-refractivity contribution in [1.82, 2.24) is 15.0 Å². The minimum Gasteiger partial charge on any atom is -0.384 e. The maximum absolute atomic E-state index is 12.9. The molecular formula is C19H25N3O4. The van der Waals surface area contributed by atoms with Crippen LogP contribution in [0.2, 0.25) is 0 Å². The summed E-state index contributed by atoms with van der Waals surface area (Å²) in [5, 5.41) is 3.94. The number of nitrogens with zero attached hydrogens (tertiary/aromatic N) is 3. The molecule has 1 aliphatic rings. The lowest BCUT2D eigenvalue weighted by molar-refractivity contribution is 0.0775. The predicted molar refractivity (Wildman–Crippen MR) is 94.8 cm³/mol. The van der Waals surface area contributed by atoms with Crippen molar-refractivity contribution in [2.45, 2.75) is 25.9 Å². The molecule has 3 rings (SSSR count). The maximum atomic E-state index is 12.9. The number of ether oxygens (including phenoxy) is 2.